The minimum Gasteiger partial charge on any atom is -0.354 e. The maximum atomic E-state index is 17.0. The number of fused-ring (bicyclic) bond motifs is 8. The highest BCUT2D eigenvalue weighted by molar-refractivity contribution is 6.03. The topological polar surface area (TPSA) is 57.4 Å². The Balaban J connectivity index is 1.48. The number of halogens is 12. The zero-order chi connectivity index (χ0) is 46.8. The molecule has 5 heterocycles. The van der Waals surface area contributed by atoms with Crippen LogP contribution in [-0.2, 0) is 0 Å². The molecular formula is C50H30F12N4. The smallest absolute Gasteiger partial charge is 0.354 e. The van der Waals surface area contributed by atoms with E-state index in [0.717, 1.165) is 0 Å². The third-order valence-corrected chi connectivity index (χ3v) is 11.3. The van der Waals surface area contributed by atoms with Gasteiger partial charge in [-0.2, -0.15) is 43.9 Å². The average Bonchev–Trinajstić information content (AvgIpc) is 4.15. The van der Waals surface area contributed by atoms with E-state index in [-0.39, 0.29) is 39.3 Å². The molecule has 2 N–H and O–H groups in total. The highest BCUT2D eigenvalue weighted by atomic mass is 19.4. The van der Waals surface area contributed by atoms with Crippen LogP contribution in [0.2, 0.25) is 0 Å². The average molecular weight is 915 g/mol. The first-order chi connectivity index (χ1) is 31.4. The molecule has 7 aromatic rings. The van der Waals surface area contributed by atoms with E-state index < -0.39 is 58.6 Å². The SMILES string of the molecule is FC(F)C(F)(F)C(F)(F)C(F)(F)C(F)(F)C(F)(F)C1=Cc2nc1c(-c1ccccc1)c1ccc([nH]1)c(-c1ccccc1)c1nc(c(-c3ccccc3)c3ccc([nH]3)c2-c2ccccc2)C=C1. The maximum Gasteiger partial charge on any atom is 0.385 e. The van der Waals surface area contributed by atoms with Gasteiger partial charge in [-0.25, -0.2) is 18.7 Å². The Labute approximate surface area is 366 Å². The van der Waals surface area contributed by atoms with Gasteiger partial charge in [0.25, 0.3) is 0 Å². The van der Waals surface area contributed by atoms with Crippen molar-refractivity contribution in [3.05, 3.63) is 168 Å². The van der Waals surface area contributed by atoms with Crippen molar-refractivity contribution in [2.45, 2.75) is 36.0 Å². The van der Waals surface area contributed by atoms with E-state index in [0.29, 0.717) is 39.2 Å². The summed E-state index contributed by atoms with van der Waals surface area (Å²) >= 11 is 0. The number of aromatic amines is 2. The van der Waals surface area contributed by atoms with Crippen molar-refractivity contribution < 1.29 is 52.7 Å². The Morgan fingerprint density at radius 3 is 1.11 bits per heavy atom. The largest absolute Gasteiger partial charge is 0.385 e. The fraction of sp³-hybridized carbons (Fsp3) is 0.120. The van der Waals surface area contributed by atoms with Crippen molar-refractivity contribution in [3.63, 3.8) is 0 Å². The summed E-state index contributed by atoms with van der Waals surface area (Å²) in [6.07, 6.45) is -1.81. The standard InChI is InChI=1S/C50H30F12N4/c51-45(52)47(55,56)49(59,60)50(61,62)48(57,58)46(53,54)32-27-39-42(30-17-9-3-10-18-30)37-24-23-35(64-37)40(28-13-5-1-6-14-28)33-21-22-34(63-33)41(29-15-7-2-8-16-29)36-25-26-38(65-36)43(44(32)66-39)31-19-11-4-12-20-31/h1-27,45,64-65H. The highest BCUT2D eigenvalue weighted by Gasteiger charge is 2.88. The lowest BCUT2D eigenvalue weighted by Crippen LogP contribution is -2.68. The lowest BCUT2D eigenvalue weighted by atomic mass is 9.87. The minimum absolute atomic E-state index is 0.0288. The normalized spacial score (nSPS) is 13.6. The molecule has 4 nitrogen and oxygen atoms in total. The van der Waals surface area contributed by atoms with Crippen LogP contribution in [0.1, 0.15) is 22.8 Å². The molecule has 0 atom stereocenters. The second-order valence-corrected chi connectivity index (χ2v) is 15.4. The van der Waals surface area contributed by atoms with Gasteiger partial charge in [0.2, 0.25) is 0 Å². The van der Waals surface area contributed by atoms with Crippen molar-refractivity contribution in [1.29, 1.82) is 0 Å². The van der Waals surface area contributed by atoms with Gasteiger partial charge in [-0.3, -0.25) is 0 Å². The Morgan fingerprint density at radius 1 is 0.379 bits per heavy atom. The Bertz CT molecular complexity index is 3200. The van der Waals surface area contributed by atoms with Crippen LogP contribution in [0.25, 0.3) is 90.4 Å². The molecular weight excluding hydrogens is 885 g/mol. The third-order valence-electron chi connectivity index (χ3n) is 11.3. The molecule has 0 fully saturated rings. The van der Waals surface area contributed by atoms with Crippen molar-refractivity contribution >= 4 is 45.9 Å². The molecule has 0 saturated heterocycles. The molecule has 2 aliphatic rings. The monoisotopic (exact) mass is 914 g/mol. The summed E-state index contributed by atoms with van der Waals surface area (Å²) in [5.74, 6) is -36.7. The van der Waals surface area contributed by atoms with Gasteiger partial charge in [-0.1, -0.05) is 121 Å². The van der Waals surface area contributed by atoms with Crippen LogP contribution < -0.4 is 0 Å². The number of hydrogen-bond acceptors (Lipinski definition) is 2. The van der Waals surface area contributed by atoms with E-state index in [4.69, 9.17) is 4.98 Å². The summed E-state index contributed by atoms with van der Waals surface area (Å²) in [6.45, 7) is 0. The van der Waals surface area contributed by atoms with Crippen LogP contribution in [0, 0.1) is 0 Å². The predicted molar refractivity (Wildman–Crippen MR) is 230 cm³/mol. The third kappa shape index (κ3) is 6.88. The molecule has 0 unspecified atom stereocenters. The second-order valence-electron chi connectivity index (χ2n) is 15.4. The summed E-state index contributed by atoms with van der Waals surface area (Å²) in [5.41, 5.74) is -0.307. The van der Waals surface area contributed by atoms with Crippen molar-refractivity contribution in [1.82, 2.24) is 19.9 Å². The van der Waals surface area contributed by atoms with Crippen LogP contribution >= 0.6 is 0 Å². The summed E-state index contributed by atoms with van der Waals surface area (Å²) in [5, 5.41) is 0. The van der Waals surface area contributed by atoms with Crippen LogP contribution in [0.15, 0.2) is 146 Å². The molecule has 16 heteroatoms. The summed E-state index contributed by atoms with van der Waals surface area (Å²) < 4.78 is 181. The van der Waals surface area contributed by atoms with Crippen LogP contribution in [0.3, 0.4) is 0 Å². The maximum absolute atomic E-state index is 17.0. The molecule has 0 saturated carbocycles. The molecule has 4 aromatic carbocycles. The highest BCUT2D eigenvalue weighted by Crippen LogP contribution is 2.61. The first kappa shape index (κ1) is 43.9. The van der Waals surface area contributed by atoms with Gasteiger partial charge in [-0.15, -0.1) is 0 Å². The van der Waals surface area contributed by atoms with Gasteiger partial charge in [0.1, 0.15) is 0 Å². The van der Waals surface area contributed by atoms with E-state index in [1.54, 1.807) is 78.9 Å². The fourth-order valence-corrected chi connectivity index (χ4v) is 8.06. The number of hydrogen-bond donors (Lipinski definition) is 2. The minimum atomic E-state index is -7.80. The lowest BCUT2D eigenvalue weighted by molar-refractivity contribution is -0.405. The quantitative estimate of drug-likeness (QED) is 0.134. The molecule has 8 bridgehead atoms. The van der Waals surface area contributed by atoms with Gasteiger partial charge in [0, 0.05) is 44.3 Å². The summed E-state index contributed by atoms with van der Waals surface area (Å²) in [4.78, 5) is 15.9. The van der Waals surface area contributed by atoms with E-state index in [2.05, 4.69) is 15.0 Å². The van der Waals surface area contributed by atoms with Crippen molar-refractivity contribution in [2.24, 2.45) is 0 Å². The van der Waals surface area contributed by atoms with Gasteiger partial charge < -0.3 is 9.97 Å². The second kappa shape index (κ2) is 16.0. The van der Waals surface area contributed by atoms with Crippen LogP contribution in [0.5, 0.6) is 0 Å². The molecule has 66 heavy (non-hydrogen) atoms. The van der Waals surface area contributed by atoms with Crippen LogP contribution in [-0.4, -0.2) is 56.0 Å². The molecule has 334 valence electrons. The number of rotatable bonds is 10. The van der Waals surface area contributed by atoms with Gasteiger partial charge in [0.15, 0.2) is 0 Å². The van der Waals surface area contributed by atoms with E-state index >= 15 is 26.3 Å². The Hall–Kier alpha value is -7.36. The Morgan fingerprint density at radius 2 is 0.727 bits per heavy atom. The fourth-order valence-electron chi connectivity index (χ4n) is 8.06. The van der Waals surface area contributed by atoms with Gasteiger partial charge in [0.05, 0.1) is 28.3 Å². The first-order valence-corrected chi connectivity index (χ1v) is 20.0. The molecule has 9 rings (SSSR count). The van der Waals surface area contributed by atoms with Crippen LogP contribution in [0.4, 0.5) is 52.7 Å². The number of benzene rings is 4. The van der Waals surface area contributed by atoms with E-state index in [1.807, 2.05) is 18.2 Å². The first-order valence-electron chi connectivity index (χ1n) is 20.0. The molecule has 0 radical (unpaired) electrons. The van der Waals surface area contributed by atoms with Crippen molar-refractivity contribution in [3.8, 4) is 44.5 Å². The predicted octanol–water partition coefficient (Wildman–Crippen LogP) is 15.1. The zero-order valence-electron chi connectivity index (χ0n) is 33.6. The number of nitrogens with zero attached hydrogens (tertiary/aromatic N) is 2. The number of alkyl halides is 12. The molecule has 0 aliphatic carbocycles. The summed E-state index contributed by atoms with van der Waals surface area (Å²) in [7, 11) is 0. The number of aromatic nitrogens is 4. The number of allylic oxidation sites excluding steroid dienone is 1. The molecule has 0 amide bonds. The zero-order valence-corrected chi connectivity index (χ0v) is 33.6. The van der Waals surface area contributed by atoms with Crippen molar-refractivity contribution in [2.75, 3.05) is 0 Å². The molecule has 2 aliphatic heterocycles. The molecule has 0 spiro atoms. The van der Waals surface area contributed by atoms with E-state index in [1.165, 1.54) is 60.7 Å². The molecule has 3 aromatic heterocycles. The van der Waals surface area contributed by atoms with Gasteiger partial charge >= 0.3 is 36.0 Å². The number of H-pyrrole nitrogens is 2. The van der Waals surface area contributed by atoms with E-state index in [9.17, 15) is 26.3 Å². The number of nitrogens with one attached hydrogen (secondary N) is 2. The summed E-state index contributed by atoms with van der Waals surface area (Å²) in [6, 6.07) is 38.6. The lowest BCUT2D eigenvalue weighted by Gasteiger charge is -2.39. The van der Waals surface area contributed by atoms with Gasteiger partial charge in [-0.05, 0) is 64.7 Å². The Kier molecular flexibility index (Phi) is 10.6.